The molecule has 0 radical (unpaired) electrons. The fourth-order valence-electron chi connectivity index (χ4n) is 10.7. The van der Waals surface area contributed by atoms with Gasteiger partial charge in [0.2, 0.25) is 0 Å². The van der Waals surface area contributed by atoms with E-state index in [1.165, 1.54) is 10.8 Å². The number of para-hydroxylation sites is 4. The molecule has 0 fully saturated rings. The third kappa shape index (κ3) is 5.85. The van der Waals surface area contributed by atoms with Gasteiger partial charge in [0.15, 0.2) is 17.5 Å². The summed E-state index contributed by atoms with van der Waals surface area (Å²) in [5.74, 6) is 1.70. The molecule has 7 nitrogen and oxygen atoms in total. The van der Waals surface area contributed by atoms with Gasteiger partial charge in [-0.25, -0.2) is 15.0 Å². The van der Waals surface area contributed by atoms with Gasteiger partial charge < -0.3 is 17.8 Å². The molecule has 7 heteroatoms. The summed E-state index contributed by atoms with van der Waals surface area (Å²) < 4.78 is 21.7. The number of hydrogen-bond acceptors (Lipinski definition) is 6. The monoisotopic (exact) mass is 896 g/mol. The lowest BCUT2D eigenvalue weighted by atomic mass is 9.99. The minimum atomic E-state index is 0.557. The van der Waals surface area contributed by atoms with Crippen molar-refractivity contribution in [2.45, 2.75) is 0 Å². The summed E-state index contributed by atoms with van der Waals surface area (Å²) in [5, 5.41) is 8.52. The molecule has 15 aromatic rings. The van der Waals surface area contributed by atoms with Crippen LogP contribution in [0.15, 0.2) is 232 Å². The third-order valence-corrected chi connectivity index (χ3v) is 13.9. The molecule has 0 unspecified atom stereocenters. The predicted octanol–water partition coefficient (Wildman–Crippen LogP) is 17.0. The SMILES string of the molecule is c1ccc(-c2nc(-c3cccc4oc5ccccc5c34)nc(-c3cccc4oc5ccc(-c6ccc7c(c6)c6ccccc6n7-c6ccc(-c7cccc8c7oc7ccccc78)cc6)cc5c34)n2)cc1. The Morgan fingerprint density at radius 1 is 0.286 bits per heavy atom. The molecule has 0 aliphatic rings. The van der Waals surface area contributed by atoms with Gasteiger partial charge in [0, 0.05) is 71.0 Å². The molecule has 0 spiro atoms. The summed E-state index contributed by atoms with van der Waals surface area (Å²) in [6.07, 6.45) is 0. The number of aromatic nitrogens is 4. The number of fused-ring (bicyclic) bond motifs is 12. The first-order valence-corrected chi connectivity index (χ1v) is 23.4. The van der Waals surface area contributed by atoms with Gasteiger partial charge in [-0.2, -0.15) is 0 Å². The summed E-state index contributed by atoms with van der Waals surface area (Å²) in [5.41, 5.74) is 15.3. The van der Waals surface area contributed by atoms with E-state index >= 15 is 0 Å². The zero-order valence-corrected chi connectivity index (χ0v) is 37.3. The normalized spacial score (nSPS) is 12.0. The second-order valence-electron chi connectivity index (χ2n) is 17.9. The summed E-state index contributed by atoms with van der Waals surface area (Å²) in [6.45, 7) is 0. The summed E-state index contributed by atoms with van der Waals surface area (Å²) >= 11 is 0. The van der Waals surface area contributed by atoms with Crippen LogP contribution >= 0.6 is 0 Å². The number of rotatable bonds is 6. The summed E-state index contributed by atoms with van der Waals surface area (Å²) in [6, 6.07) is 75.7. The first kappa shape index (κ1) is 38.5. The third-order valence-electron chi connectivity index (χ3n) is 13.9. The highest BCUT2D eigenvalue weighted by atomic mass is 16.3. The van der Waals surface area contributed by atoms with Crippen LogP contribution in [0.2, 0.25) is 0 Å². The summed E-state index contributed by atoms with van der Waals surface area (Å²) in [4.78, 5) is 15.6. The van der Waals surface area contributed by atoms with Crippen LogP contribution in [-0.2, 0) is 0 Å². The molecular formula is C63H36N4O3. The van der Waals surface area contributed by atoms with Crippen LogP contribution in [0.4, 0.5) is 0 Å². The number of benzene rings is 10. The Kier molecular flexibility index (Phi) is 8.23. The Labute approximate surface area is 399 Å². The Bertz CT molecular complexity index is 4600. The first-order valence-electron chi connectivity index (χ1n) is 23.4. The molecular weight excluding hydrogens is 861 g/mol. The number of furan rings is 3. The van der Waals surface area contributed by atoms with Crippen molar-refractivity contribution < 1.29 is 13.3 Å². The van der Waals surface area contributed by atoms with Gasteiger partial charge in [0.1, 0.15) is 33.5 Å². The topological polar surface area (TPSA) is 83.0 Å². The van der Waals surface area contributed by atoms with E-state index in [9.17, 15) is 0 Å². The van der Waals surface area contributed by atoms with Crippen LogP contribution in [0, 0.1) is 0 Å². The molecule has 10 aromatic carbocycles. The van der Waals surface area contributed by atoms with E-state index in [1.54, 1.807) is 0 Å². The minimum absolute atomic E-state index is 0.557. The van der Waals surface area contributed by atoms with Crippen LogP contribution in [-0.4, -0.2) is 19.5 Å². The Hall–Kier alpha value is -9.59. The molecule has 0 saturated heterocycles. The molecule has 0 aliphatic carbocycles. The van der Waals surface area contributed by atoms with E-state index < -0.39 is 0 Å². The molecule has 0 aliphatic heterocycles. The zero-order valence-electron chi connectivity index (χ0n) is 37.3. The van der Waals surface area contributed by atoms with Gasteiger partial charge in [-0.3, -0.25) is 0 Å². The van der Waals surface area contributed by atoms with Crippen LogP contribution < -0.4 is 0 Å². The van der Waals surface area contributed by atoms with Crippen molar-refractivity contribution >= 4 is 87.6 Å². The van der Waals surface area contributed by atoms with Crippen molar-refractivity contribution in [1.29, 1.82) is 0 Å². The average molecular weight is 897 g/mol. The fraction of sp³-hybridized carbons (Fsp3) is 0. The highest BCUT2D eigenvalue weighted by molar-refractivity contribution is 6.15. The maximum atomic E-state index is 6.59. The molecule has 0 atom stereocenters. The van der Waals surface area contributed by atoms with Gasteiger partial charge in [0.25, 0.3) is 0 Å². The van der Waals surface area contributed by atoms with Gasteiger partial charge in [-0.1, -0.05) is 152 Å². The van der Waals surface area contributed by atoms with Crippen LogP contribution in [0.1, 0.15) is 0 Å². The van der Waals surface area contributed by atoms with Crippen molar-refractivity contribution in [3.63, 3.8) is 0 Å². The quantitative estimate of drug-likeness (QED) is 0.165. The van der Waals surface area contributed by atoms with Crippen molar-refractivity contribution in [3.8, 4) is 62.1 Å². The van der Waals surface area contributed by atoms with Crippen LogP contribution in [0.25, 0.3) is 150 Å². The molecule has 70 heavy (non-hydrogen) atoms. The van der Waals surface area contributed by atoms with Crippen molar-refractivity contribution in [2.24, 2.45) is 0 Å². The molecule has 326 valence electrons. The van der Waals surface area contributed by atoms with E-state index in [0.717, 1.165) is 121 Å². The van der Waals surface area contributed by atoms with Gasteiger partial charge >= 0.3 is 0 Å². The standard InChI is InChI=1S/C63H36N4O3/c1-2-13-38(14-3-1)61-64-62(47-20-11-25-56-58(47)46-17-6-9-24-54(46)68-56)66-63(65-61)48-21-12-26-57-59(48)50-36-40(30-34-55(50)69-57)39-29-33-52-49(35-39)43-15-4-7-22-51(43)67(52)41-31-27-37(28-32-41)42-18-10-19-45-44-16-5-8-23-53(44)70-60(42)45/h1-36H. The van der Waals surface area contributed by atoms with E-state index in [4.69, 9.17) is 28.2 Å². The number of hydrogen-bond donors (Lipinski definition) is 0. The maximum Gasteiger partial charge on any atom is 0.164 e. The van der Waals surface area contributed by atoms with E-state index in [1.807, 2.05) is 84.9 Å². The molecule has 5 aromatic heterocycles. The lowest BCUT2D eigenvalue weighted by Crippen LogP contribution is -2.00. The van der Waals surface area contributed by atoms with Gasteiger partial charge in [0.05, 0.1) is 11.0 Å². The number of nitrogens with zero attached hydrogens (tertiary/aromatic N) is 4. The lowest BCUT2D eigenvalue weighted by molar-refractivity contribution is 0.668. The van der Waals surface area contributed by atoms with Gasteiger partial charge in [-0.05, 0) is 83.4 Å². The largest absolute Gasteiger partial charge is 0.456 e. The Morgan fingerprint density at radius 3 is 1.56 bits per heavy atom. The van der Waals surface area contributed by atoms with Crippen molar-refractivity contribution in [2.75, 3.05) is 0 Å². The molecule has 0 bridgehead atoms. The average Bonchev–Trinajstić information content (AvgIpc) is 4.20. The zero-order chi connectivity index (χ0) is 45.9. The minimum Gasteiger partial charge on any atom is -0.456 e. The lowest BCUT2D eigenvalue weighted by Gasteiger charge is -2.10. The molecule has 0 N–H and O–H groups in total. The van der Waals surface area contributed by atoms with Gasteiger partial charge in [-0.15, -0.1) is 0 Å². The maximum absolute atomic E-state index is 6.59. The second kappa shape index (κ2) is 15.0. The fourth-order valence-corrected chi connectivity index (χ4v) is 10.7. The summed E-state index contributed by atoms with van der Waals surface area (Å²) in [7, 11) is 0. The van der Waals surface area contributed by atoms with E-state index in [2.05, 4.69) is 138 Å². The van der Waals surface area contributed by atoms with Crippen molar-refractivity contribution in [3.05, 3.63) is 218 Å². The highest BCUT2D eigenvalue weighted by Crippen LogP contribution is 2.42. The molecule has 5 heterocycles. The predicted molar refractivity (Wildman–Crippen MR) is 283 cm³/mol. The first-order chi connectivity index (χ1) is 34.7. The molecule has 0 saturated carbocycles. The molecule has 15 rings (SSSR count). The second-order valence-corrected chi connectivity index (χ2v) is 17.9. The highest BCUT2D eigenvalue weighted by Gasteiger charge is 2.22. The molecule has 0 amide bonds. The Balaban J connectivity index is 0.855. The smallest absolute Gasteiger partial charge is 0.164 e. The van der Waals surface area contributed by atoms with E-state index in [-0.39, 0.29) is 0 Å². The van der Waals surface area contributed by atoms with E-state index in [0.29, 0.717) is 17.5 Å². The Morgan fingerprint density at radius 2 is 0.800 bits per heavy atom. The van der Waals surface area contributed by atoms with Crippen LogP contribution in [0.5, 0.6) is 0 Å². The van der Waals surface area contributed by atoms with Crippen LogP contribution in [0.3, 0.4) is 0 Å². The van der Waals surface area contributed by atoms with Crippen molar-refractivity contribution in [1.82, 2.24) is 19.5 Å².